The van der Waals surface area contributed by atoms with E-state index in [0.717, 1.165) is 0 Å². The van der Waals surface area contributed by atoms with Crippen LogP contribution in [0.3, 0.4) is 0 Å². The minimum Gasteiger partial charge on any atom is -0.494 e. The van der Waals surface area contributed by atoms with Crippen LogP contribution in [0.1, 0.15) is 78.4 Å². The van der Waals surface area contributed by atoms with E-state index in [1.54, 1.807) is 13.8 Å². The van der Waals surface area contributed by atoms with Crippen LogP contribution < -0.4 is 20.8 Å². The average molecular weight is 549 g/mol. The molecule has 1 aromatic carbocycles. The van der Waals surface area contributed by atoms with Crippen LogP contribution in [0, 0.1) is 17.7 Å². The Morgan fingerprint density at radius 1 is 0.974 bits per heavy atom. The molecule has 1 aromatic rings. The van der Waals surface area contributed by atoms with Gasteiger partial charge < -0.3 is 20.1 Å². The van der Waals surface area contributed by atoms with Crippen molar-refractivity contribution < 1.29 is 33.0 Å². The lowest BCUT2D eigenvalue weighted by atomic mass is 9.99. The quantitative estimate of drug-likeness (QED) is 0.461. The summed E-state index contributed by atoms with van der Waals surface area (Å²) in [7, 11) is 0. The van der Waals surface area contributed by atoms with Crippen LogP contribution >= 0.6 is 0 Å². The third-order valence-electron chi connectivity index (χ3n) is 7.16. The van der Waals surface area contributed by atoms with Gasteiger partial charge in [0.25, 0.3) is 5.91 Å². The maximum absolute atomic E-state index is 14.6. The summed E-state index contributed by atoms with van der Waals surface area (Å²) in [6.45, 7) is 9.32. The van der Waals surface area contributed by atoms with Crippen LogP contribution in [-0.2, 0) is 23.9 Å². The van der Waals surface area contributed by atoms with Crippen LogP contribution in [0.15, 0.2) is 18.2 Å². The number of amides is 3. The molecule has 2 heterocycles. The number of hydrazine groups is 1. The molecule has 3 N–H and O–H groups in total. The molecular formula is C28H41FN4O6. The first-order chi connectivity index (χ1) is 18.5. The average Bonchev–Trinajstić information content (AvgIpc) is 2.90. The molecule has 0 radical (unpaired) electrons. The molecule has 3 amide bonds. The Kier molecular flexibility index (Phi) is 10.7. The molecule has 0 aromatic heterocycles. The molecule has 10 nitrogen and oxygen atoms in total. The zero-order valence-corrected chi connectivity index (χ0v) is 23.4. The summed E-state index contributed by atoms with van der Waals surface area (Å²) in [5.74, 6) is -2.30. The van der Waals surface area contributed by atoms with Crippen molar-refractivity contribution in [1.82, 2.24) is 21.1 Å². The maximum atomic E-state index is 14.6. The van der Waals surface area contributed by atoms with Gasteiger partial charge in [-0.25, -0.2) is 9.82 Å². The van der Waals surface area contributed by atoms with E-state index in [1.807, 2.05) is 20.8 Å². The molecule has 2 aliphatic rings. The van der Waals surface area contributed by atoms with Crippen LogP contribution in [0.5, 0.6) is 5.75 Å². The maximum Gasteiger partial charge on any atom is 0.325 e. The SMILES string of the molecule is CC(C)[C@@H]1NC(=O)[C@H](C)CCCCOc2ccc(F)c(c2)[C@@H](C)OC(=O)[C@@H]2CCCN(N2)C(=O)[C@@H](C)NC1=O. The molecule has 5 atom stereocenters. The van der Waals surface area contributed by atoms with Gasteiger partial charge in [-0.3, -0.25) is 24.2 Å². The fraction of sp³-hybridized carbons (Fsp3) is 0.643. The Bertz CT molecular complexity index is 1050. The van der Waals surface area contributed by atoms with Crippen LogP contribution in [0.2, 0.25) is 0 Å². The van der Waals surface area contributed by atoms with E-state index in [1.165, 1.54) is 23.2 Å². The standard InChI is InChI=1S/C28H41FN4O6/c1-16(2)24-26(35)30-18(4)27(36)33-13-8-10-23(32-33)28(37)39-19(5)21-15-20(11-12-22(21)29)38-14-7-6-9-17(3)25(34)31-24/h11-12,15-19,23-24,32H,6-10,13-14H2,1-5H3,(H,30,35)(H,31,34)/t17-,18-,19-,23+,24+/m1/s1. The number of fused-ring (bicyclic) bond motifs is 4. The number of esters is 1. The first-order valence-electron chi connectivity index (χ1n) is 13.8. The van der Waals surface area contributed by atoms with Gasteiger partial charge in [0.05, 0.1) is 6.61 Å². The fourth-order valence-corrected chi connectivity index (χ4v) is 4.66. The van der Waals surface area contributed by atoms with Crippen LogP contribution in [-0.4, -0.2) is 60.0 Å². The molecule has 0 unspecified atom stereocenters. The minimum atomic E-state index is -0.899. The van der Waals surface area contributed by atoms with Crippen molar-refractivity contribution in [2.45, 2.75) is 91.0 Å². The molecule has 0 aliphatic carbocycles. The predicted octanol–water partition coefficient (Wildman–Crippen LogP) is 2.77. The van der Waals surface area contributed by atoms with Crippen LogP contribution in [0.25, 0.3) is 0 Å². The number of carbonyl (C=O) groups excluding carboxylic acids is 4. The normalized spacial score (nSPS) is 28.4. The van der Waals surface area contributed by atoms with Gasteiger partial charge in [0.1, 0.15) is 35.8 Å². The van der Waals surface area contributed by atoms with Crippen molar-refractivity contribution in [3.63, 3.8) is 0 Å². The molecular weight excluding hydrogens is 507 g/mol. The van der Waals surface area contributed by atoms with E-state index >= 15 is 0 Å². The van der Waals surface area contributed by atoms with Crippen molar-refractivity contribution in [1.29, 1.82) is 0 Å². The van der Waals surface area contributed by atoms with Gasteiger partial charge in [-0.15, -0.1) is 0 Å². The summed E-state index contributed by atoms with van der Waals surface area (Å²) in [5.41, 5.74) is 3.08. The van der Waals surface area contributed by atoms with Crippen molar-refractivity contribution in [2.24, 2.45) is 11.8 Å². The van der Waals surface area contributed by atoms with Crippen molar-refractivity contribution in [3.8, 4) is 5.75 Å². The topological polar surface area (TPSA) is 126 Å². The lowest BCUT2D eigenvalue weighted by Gasteiger charge is -2.35. The molecule has 2 aliphatic heterocycles. The number of hydrogen-bond donors (Lipinski definition) is 3. The molecule has 39 heavy (non-hydrogen) atoms. The summed E-state index contributed by atoms with van der Waals surface area (Å²) in [4.78, 5) is 51.9. The number of nitrogens with zero attached hydrogens (tertiary/aromatic N) is 1. The Balaban J connectivity index is 1.81. The molecule has 1 saturated heterocycles. The number of nitrogens with one attached hydrogen (secondary N) is 3. The molecule has 216 valence electrons. The van der Waals surface area contributed by atoms with Crippen molar-refractivity contribution in [2.75, 3.05) is 13.2 Å². The lowest BCUT2D eigenvalue weighted by Crippen LogP contribution is -2.61. The van der Waals surface area contributed by atoms with E-state index in [9.17, 15) is 23.6 Å². The zero-order valence-electron chi connectivity index (χ0n) is 23.4. The smallest absolute Gasteiger partial charge is 0.325 e. The van der Waals surface area contributed by atoms with E-state index in [-0.39, 0.29) is 23.3 Å². The number of halogens is 1. The number of cyclic esters (lactones) is 1. The molecule has 0 spiro atoms. The van der Waals surface area contributed by atoms with E-state index in [4.69, 9.17) is 9.47 Å². The molecule has 3 rings (SSSR count). The monoisotopic (exact) mass is 548 g/mol. The number of benzene rings is 1. The largest absolute Gasteiger partial charge is 0.494 e. The van der Waals surface area contributed by atoms with E-state index in [0.29, 0.717) is 51.0 Å². The molecule has 11 heteroatoms. The van der Waals surface area contributed by atoms with Gasteiger partial charge in [0, 0.05) is 18.0 Å². The Hall–Kier alpha value is -3.21. The predicted molar refractivity (Wildman–Crippen MR) is 142 cm³/mol. The second-order valence-electron chi connectivity index (χ2n) is 10.8. The Morgan fingerprint density at radius 2 is 1.72 bits per heavy atom. The van der Waals surface area contributed by atoms with Crippen LogP contribution in [0.4, 0.5) is 4.39 Å². The first kappa shape index (κ1) is 30.3. The van der Waals surface area contributed by atoms with Gasteiger partial charge in [-0.2, -0.15) is 0 Å². The Morgan fingerprint density at radius 3 is 2.44 bits per heavy atom. The molecule has 0 saturated carbocycles. The Labute approximate surface area is 229 Å². The summed E-state index contributed by atoms with van der Waals surface area (Å²) in [6.07, 6.45) is 2.07. The highest BCUT2D eigenvalue weighted by molar-refractivity contribution is 5.92. The number of carbonyl (C=O) groups is 4. The lowest BCUT2D eigenvalue weighted by molar-refractivity contribution is -0.157. The minimum absolute atomic E-state index is 0.188. The van der Waals surface area contributed by atoms with Crippen molar-refractivity contribution >= 4 is 23.7 Å². The van der Waals surface area contributed by atoms with Gasteiger partial charge in [0.2, 0.25) is 11.8 Å². The second kappa shape index (κ2) is 13.7. The van der Waals surface area contributed by atoms with Gasteiger partial charge >= 0.3 is 5.97 Å². The van der Waals surface area contributed by atoms with Crippen molar-refractivity contribution in [3.05, 3.63) is 29.6 Å². The summed E-state index contributed by atoms with van der Waals surface area (Å²) >= 11 is 0. The van der Waals surface area contributed by atoms with E-state index < -0.39 is 47.8 Å². The first-order valence-corrected chi connectivity index (χ1v) is 13.8. The summed E-state index contributed by atoms with van der Waals surface area (Å²) in [6, 6.07) is 1.81. The highest BCUT2D eigenvalue weighted by atomic mass is 19.1. The summed E-state index contributed by atoms with van der Waals surface area (Å²) < 4.78 is 25.9. The highest BCUT2D eigenvalue weighted by Gasteiger charge is 2.34. The number of ether oxygens (including phenoxy) is 2. The highest BCUT2D eigenvalue weighted by Crippen LogP contribution is 2.26. The van der Waals surface area contributed by atoms with E-state index in [2.05, 4.69) is 16.1 Å². The molecule has 4 bridgehead atoms. The summed E-state index contributed by atoms with van der Waals surface area (Å²) in [5, 5.41) is 6.84. The van der Waals surface area contributed by atoms with Gasteiger partial charge in [-0.1, -0.05) is 20.8 Å². The van der Waals surface area contributed by atoms with Gasteiger partial charge in [0.15, 0.2) is 0 Å². The second-order valence-corrected chi connectivity index (χ2v) is 10.8. The number of rotatable bonds is 1. The fourth-order valence-electron chi connectivity index (χ4n) is 4.66. The van der Waals surface area contributed by atoms with Gasteiger partial charge in [-0.05, 0) is 70.1 Å². The zero-order chi connectivity index (χ0) is 28.7. The number of hydrogen-bond acceptors (Lipinski definition) is 7. The molecule has 1 fully saturated rings. The third kappa shape index (κ3) is 8.14. The third-order valence-corrected chi connectivity index (χ3v) is 7.16.